The van der Waals surface area contributed by atoms with Crippen LogP contribution in [0.25, 0.3) is 0 Å². The summed E-state index contributed by atoms with van der Waals surface area (Å²) in [6, 6.07) is 4.86. The Bertz CT molecular complexity index is 661. The number of Topliss-reactive ketones (excluding diaryl/α,β-unsaturated/α-hetero) is 1. The largest absolute Gasteiger partial charge is 0.299 e. The zero-order valence-corrected chi connectivity index (χ0v) is 13.1. The first kappa shape index (κ1) is 16.6. The average molecular weight is 326 g/mol. The molecule has 0 aliphatic carbocycles. The molecule has 0 amide bonds. The predicted molar refractivity (Wildman–Crippen MR) is 79.9 cm³/mol. The molecule has 0 bridgehead atoms. The smallest absolute Gasteiger partial charge is 0.269 e. The van der Waals surface area contributed by atoms with Gasteiger partial charge >= 0.3 is 0 Å². The number of nitro benzene ring substituents is 1. The standard InChI is InChI=1S/C14H18N2O5S/c1-2-14(17)11-7-9-15(10-8-11)22(20,21)13-5-3-12(4-6-13)16(18)19/h3-6,11H,2,7-10H2,1H3. The molecule has 1 fully saturated rings. The maximum absolute atomic E-state index is 12.5. The third-order valence-electron chi connectivity index (χ3n) is 3.94. The van der Waals surface area contributed by atoms with Crippen LogP contribution in [0.1, 0.15) is 26.2 Å². The normalized spacial score (nSPS) is 17.3. The van der Waals surface area contributed by atoms with Gasteiger partial charge in [-0.1, -0.05) is 6.92 Å². The van der Waals surface area contributed by atoms with Crippen LogP contribution in [0.15, 0.2) is 29.2 Å². The Kier molecular flexibility index (Phi) is 4.92. The lowest BCUT2D eigenvalue weighted by atomic mass is 9.92. The maximum Gasteiger partial charge on any atom is 0.269 e. The highest BCUT2D eigenvalue weighted by Gasteiger charge is 2.31. The van der Waals surface area contributed by atoms with E-state index in [-0.39, 0.29) is 22.3 Å². The van der Waals surface area contributed by atoms with Crippen molar-refractivity contribution in [3.63, 3.8) is 0 Å². The van der Waals surface area contributed by atoms with Crippen LogP contribution in [0, 0.1) is 16.0 Å². The molecule has 1 saturated heterocycles. The Morgan fingerprint density at radius 1 is 1.27 bits per heavy atom. The van der Waals surface area contributed by atoms with Gasteiger partial charge in [-0.15, -0.1) is 0 Å². The minimum absolute atomic E-state index is 0.0402. The van der Waals surface area contributed by atoms with Crippen LogP contribution in [-0.2, 0) is 14.8 Å². The Hall–Kier alpha value is -1.80. The summed E-state index contributed by atoms with van der Waals surface area (Å²) < 4.78 is 26.3. The van der Waals surface area contributed by atoms with Gasteiger partial charge in [0.1, 0.15) is 5.78 Å². The Morgan fingerprint density at radius 2 is 1.82 bits per heavy atom. The second-order valence-corrected chi connectivity index (χ2v) is 7.19. The number of benzene rings is 1. The number of nitrogens with zero attached hydrogens (tertiary/aromatic N) is 2. The molecular weight excluding hydrogens is 308 g/mol. The van der Waals surface area contributed by atoms with Crippen molar-refractivity contribution >= 4 is 21.5 Å². The third kappa shape index (κ3) is 3.33. The molecule has 0 aromatic heterocycles. The van der Waals surface area contributed by atoms with Crippen LogP contribution < -0.4 is 0 Å². The van der Waals surface area contributed by atoms with Crippen molar-refractivity contribution in [2.45, 2.75) is 31.1 Å². The van der Waals surface area contributed by atoms with Gasteiger partial charge in [0.25, 0.3) is 5.69 Å². The quantitative estimate of drug-likeness (QED) is 0.608. The summed E-state index contributed by atoms with van der Waals surface area (Å²) >= 11 is 0. The van der Waals surface area contributed by atoms with Gasteiger partial charge in [-0.2, -0.15) is 4.31 Å². The molecule has 120 valence electrons. The van der Waals surface area contributed by atoms with E-state index in [9.17, 15) is 23.3 Å². The molecule has 0 spiro atoms. The highest BCUT2D eigenvalue weighted by Crippen LogP contribution is 2.25. The number of sulfonamides is 1. The van der Waals surface area contributed by atoms with Gasteiger partial charge in [0.05, 0.1) is 9.82 Å². The fraction of sp³-hybridized carbons (Fsp3) is 0.500. The minimum atomic E-state index is -3.66. The molecule has 0 unspecified atom stereocenters. The van der Waals surface area contributed by atoms with E-state index < -0.39 is 14.9 Å². The van der Waals surface area contributed by atoms with Crippen molar-refractivity contribution in [2.75, 3.05) is 13.1 Å². The Balaban J connectivity index is 2.11. The van der Waals surface area contributed by atoms with Crippen LogP contribution in [0.3, 0.4) is 0 Å². The van der Waals surface area contributed by atoms with Gasteiger partial charge in [-0.25, -0.2) is 8.42 Å². The molecule has 1 aromatic carbocycles. The molecule has 0 saturated carbocycles. The van der Waals surface area contributed by atoms with Crippen molar-refractivity contribution in [1.82, 2.24) is 4.31 Å². The van der Waals surface area contributed by atoms with Gasteiger partial charge in [0.2, 0.25) is 10.0 Å². The van der Waals surface area contributed by atoms with E-state index in [2.05, 4.69) is 0 Å². The summed E-state index contributed by atoms with van der Waals surface area (Å²) in [5, 5.41) is 10.6. The van der Waals surface area contributed by atoms with Gasteiger partial charge in [0.15, 0.2) is 0 Å². The molecule has 1 aliphatic rings. The summed E-state index contributed by atoms with van der Waals surface area (Å²) in [6.07, 6.45) is 1.53. The average Bonchev–Trinajstić information content (AvgIpc) is 2.54. The van der Waals surface area contributed by atoms with Gasteiger partial charge in [-0.3, -0.25) is 14.9 Å². The maximum atomic E-state index is 12.5. The van der Waals surface area contributed by atoms with E-state index >= 15 is 0 Å². The van der Waals surface area contributed by atoms with E-state index in [1.54, 1.807) is 0 Å². The van der Waals surface area contributed by atoms with E-state index in [0.29, 0.717) is 32.4 Å². The number of piperidine rings is 1. The van der Waals surface area contributed by atoms with Crippen LogP contribution in [0.5, 0.6) is 0 Å². The first-order valence-electron chi connectivity index (χ1n) is 7.13. The first-order chi connectivity index (χ1) is 10.4. The topological polar surface area (TPSA) is 97.6 Å². The van der Waals surface area contributed by atoms with E-state index in [0.717, 1.165) is 0 Å². The predicted octanol–water partition coefficient (Wildman–Crippen LogP) is 1.97. The van der Waals surface area contributed by atoms with Crippen LogP contribution in [0.4, 0.5) is 5.69 Å². The molecular formula is C14H18N2O5S. The molecule has 7 nitrogen and oxygen atoms in total. The van der Waals surface area contributed by atoms with E-state index in [1.165, 1.54) is 28.6 Å². The van der Waals surface area contributed by atoms with Crippen molar-refractivity contribution in [2.24, 2.45) is 5.92 Å². The Morgan fingerprint density at radius 3 is 2.27 bits per heavy atom. The van der Waals surface area contributed by atoms with Gasteiger partial charge in [0, 0.05) is 37.6 Å². The molecule has 0 atom stereocenters. The number of non-ortho nitro benzene ring substituents is 1. The monoisotopic (exact) mass is 326 g/mol. The molecule has 1 heterocycles. The molecule has 8 heteroatoms. The van der Waals surface area contributed by atoms with Crippen LogP contribution >= 0.6 is 0 Å². The number of nitro groups is 1. The molecule has 1 aromatic rings. The molecule has 1 aliphatic heterocycles. The number of hydrogen-bond donors (Lipinski definition) is 0. The van der Waals surface area contributed by atoms with E-state index in [4.69, 9.17) is 0 Å². The number of rotatable bonds is 5. The van der Waals surface area contributed by atoms with Crippen LogP contribution in [0.2, 0.25) is 0 Å². The number of carbonyl (C=O) groups is 1. The summed E-state index contributed by atoms with van der Waals surface area (Å²) in [4.78, 5) is 21.7. The zero-order chi connectivity index (χ0) is 16.3. The lowest BCUT2D eigenvalue weighted by Gasteiger charge is -2.30. The summed E-state index contributed by atoms with van der Waals surface area (Å²) in [6.45, 7) is 2.41. The van der Waals surface area contributed by atoms with Crippen molar-refractivity contribution in [1.29, 1.82) is 0 Å². The second-order valence-electron chi connectivity index (χ2n) is 5.25. The Labute approximate surface area is 129 Å². The SMILES string of the molecule is CCC(=O)C1CCN(S(=O)(=O)c2ccc([N+](=O)[O-])cc2)CC1. The van der Waals surface area contributed by atoms with Crippen molar-refractivity contribution < 1.29 is 18.1 Å². The fourth-order valence-corrected chi connectivity index (χ4v) is 4.07. The molecule has 2 rings (SSSR count). The molecule has 22 heavy (non-hydrogen) atoms. The summed E-state index contributed by atoms with van der Waals surface area (Å²) in [5.41, 5.74) is -0.147. The second kappa shape index (κ2) is 6.53. The summed E-state index contributed by atoms with van der Waals surface area (Å²) in [5.74, 6) is 0.112. The van der Waals surface area contributed by atoms with Crippen molar-refractivity contribution in [3.05, 3.63) is 34.4 Å². The van der Waals surface area contributed by atoms with Gasteiger partial charge < -0.3 is 0 Å². The van der Waals surface area contributed by atoms with Gasteiger partial charge in [-0.05, 0) is 25.0 Å². The zero-order valence-electron chi connectivity index (χ0n) is 12.3. The van der Waals surface area contributed by atoms with Crippen LogP contribution in [-0.4, -0.2) is 36.5 Å². The lowest BCUT2D eigenvalue weighted by molar-refractivity contribution is -0.384. The molecule has 0 N–H and O–H groups in total. The minimum Gasteiger partial charge on any atom is -0.299 e. The van der Waals surface area contributed by atoms with Crippen molar-refractivity contribution in [3.8, 4) is 0 Å². The number of hydrogen-bond acceptors (Lipinski definition) is 5. The summed E-state index contributed by atoms with van der Waals surface area (Å²) in [7, 11) is -3.66. The third-order valence-corrected chi connectivity index (χ3v) is 5.86. The fourth-order valence-electron chi connectivity index (χ4n) is 2.60. The first-order valence-corrected chi connectivity index (χ1v) is 8.57. The van der Waals surface area contributed by atoms with E-state index in [1.807, 2.05) is 6.92 Å². The molecule has 0 radical (unpaired) electrons. The highest BCUT2D eigenvalue weighted by atomic mass is 32.2. The lowest BCUT2D eigenvalue weighted by Crippen LogP contribution is -2.40. The number of ketones is 1. The number of carbonyl (C=O) groups excluding carboxylic acids is 1. The highest BCUT2D eigenvalue weighted by molar-refractivity contribution is 7.89.